The van der Waals surface area contributed by atoms with Gasteiger partial charge in [0.05, 0.1) is 0 Å². The highest BCUT2D eigenvalue weighted by atomic mass is 16.6. The molecule has 4 heteroatoms. The lowest BCUT2D eigenvalue weighted by atomic mass is 9.96. The van der Waals surface area contributed by atoms with Crippen molar-refractivity contribution in [3.8, 4) is 11.5 Å². The van der Waals surface area contributed by atoms with Gasteiger partial charge in [-0.3, -0.25) is 0 Å². The minimum absolute atomic E-state index is 0.348. The van der Waals surface area contributed by atoms with Crippen LogP contribution in [0.2, 0.25) is 0 Å². The molecule has 2 aliphatic rings. The summed E-state index contributed by atoms with van der Waals surface area (Å²) in [6.45, 7) is 7.07. The monoisotopic (exact) mass is 290 g/mol. The molecule has 21 heavy (non-hydrogen) atoms. The molecule has 4 nitrogen and oxygen atoms in total. The van der Waals surface area contributed by atoms with Crippen LogP contribution in [0.3, 0.4) is 0 Å². The summed E-state index contributed by atoms with van der Waals surface area (Å²) in [6.07, 6.45) is 2.61. The van der Waals surface area contributed by atoms with Gasteiger partial charge < -0.3 is 19.7 Å². The molecule has 0 spiro atoms. The van der Waals surface area contributed by atoms with Crippen LogP contribution in [-0.4, -0.2) is 44.8 Å². The number of nitrogens with one attached hydrogen (secondary N) is 1. The number of hydrogen-bond donors (Lipinski definition) is 1. The van der Waals surface area contributed by atoms with E-state index in [0.29, 0.717) is 19.3 Å². The molecule has 0 amide bonds. The van der Waals surface area contributed by atoms with Crippen LogP contribution in [0.1, 0.15) is 31.4 Å². The van der Waals surface area contributed by atoms with Gasteiger partial charge in [0.1, 0.15) is 13.2 Å². The van der Waals surface area contributed by atoms with Crippen LogP contribution in [-0.2, 0) is 0 Å². The molecule has 1 atom stereocenters. The van der Waals surface area contributed by atoms with E-state index in [9.17, 15) is 0 Å². The zero-order valence-electron chi connectivity index (χ0n) is 13.1. The van der Waals surface area contributed by atoms with Crippen molar-refractivity contribution >= 4 is 0 Å². The van der Waals surface area contributed by atoms with Crippen molar-refractivity contribution in [3.63, 3.8) is 0 Å². The molecule has 0 bridgehead atoms. The molecule has 2 aliphatic heterocycles. The third kappa shape index (κ3) is 3.69. The van der Waals surface area contributed by atoms with Crippen molar-refractivity contribution in [2.45, 2.75) is 25.8 Å². The molecule has 1 aromatic carbocycles. The molecule has 1 unspecified atom stereocenters. The Morgan fingerprint density at radius 1 is 1.19 bits per heavy atom. The highest BCUT2D eigenvalue weighted by molar-refractivity contribution is 5.44. The SMILES string of the molecule is CC(NCC1CCN(C)CC1)c1ccc2c(c1)OCCO2. The fourth-order valence-corrected chi connectivity index (χ4v) is 3.06. The van der Waals surface area contributed by atoms with Gasteiger partial charge in [-0.25, -0.2) is 0 Å². The maximum absolute atomic E-state index is 5.66. The lowest BCUT2D eigenvalue weighted by molar-refractivity contribution is 0.171. The first-order chi connectivity index (χ1) is 10.2. The van der Waals surface area contributed by atoms with Gasteiger partial charge in [-0.2, -0.15) is 0 Å². The molecule has 1 aromatic rings. The summed E-state index contributed by atoms with van der Waals surface area (Å²) >= 11 is 0. The number of piperidine rings is 1. The average Bonchev–Trinajstić information content (AvgIpc) is 2.53. The summed E-state index contributed by atoms with van der Waals surface area (Å²) in [4.78, 5) is 2.42. The van der Waals surface area contributed by atoms with Gasteiger partial charge in [0.2, 0.25) is 0 Å². The molecule has 1 saturated heterocycles. The van der Waals surface area contributed by atoms with Crippen LogP contribution in [0, 0.1) is 5.92 Å². The summed E-state index contributed by atoms with van der Waals surface area (Å²) in [5, 5.41) is 3.68. The molecule has 0 radical (unpaired) electrons. The van der Waals surface area contributed by atoms with Gasteiger partial charge in [-0.1, -0.05) is 6.07 Å². The molecule has 2 heterocycles. The summed E-state index contributed by atoms with van der Waals surface area (Å²) < 4.78 is 11.2. The zero-order valence-corrected chi connectivity index (χ0v) is 13.1. The standard InChI is InChI=1S/C17H26N2O2/c1-13(18-12-14-5-7-19(2)8-6-14)15-3-4-16-17(11-15)21-10-9-20-16/h3-4,11,13-14,18H,5-10,12H2,1-2H3. The highest BCUT2D eigenvalue weighted by Gasteiger charge is 2.18. The third-order valence-corrected chi connectivity index (χ3v) is 4.62. The normalized spacial score (nSPS) is 21.2. The Hall–Kier alpha value is -1.26. The van der Waals surface area contributed by atoms with Crippen LogP contribution in [0.25, 0.3) is 0 Å². The fourth-order valence-electron chi connectivity index (χ4n) is 3.06. The smallest absolute Gasteiger partial charge is 0.161 e. The number of fused-ring (bicyclic) bond motifs is 1. The van der Waals surface area contributed by atoms with E-state index in [1.807, 2.05) is 6.07 Å². The summed E-state index contributed by atoms with van der Waals surface area (Å²) in [6, 6.07) is 6.62. The van der Waals surface area contributed by atoms with Gasteiger partial charge in [0.25, 0.3) is 0 Å². The Balaban J connectivity index is 1.54. The predicted octanol–water partition coefficient (Wildman–Crippen LogP) is 2.45. The second-order valence-electron chi connectivity index (χ2n) is 6.28. The minimum atomic E-state index is 0.348. The molecule has 116 valence electrons. The Bertz CT molecular complexity index is 470. The molecular formula is C17H26N2O2. The van der Waals surface area contributed by atoms with Crippen LogP contribution in [0.5, 0.6) is 11.5 Å². The number of likely N-dealkylation sites (tertiary alicyclic amines) is 1. The van der Waals surface area contributed by atoms with Crippen LogP contribution >= 0.6 is 0 Å². The second kappa shape index (κ2) is 6.67. The van der Waals surface area contributed by atoms with Crippen molar-refractivity contribution in [3.05, 3.63) is 23.8 Å². The topological polar surface area (TPSA) is 33.7 Å². The molecule has 1 N–H and O–H groups in total. The zero-order chi connectivity index (χ0) is 14.7. The highest BCUT2D eigenvalue weighted by Crippen LogP contribution is 2.32. The lowest BCUT2D eigenvalue weighted by Crippen LogP contribution is -2.35. The van der Waals surface area contributed by atoms with Gasteiger partial charge >= 0.3 is 0 Å². The van der Waals surface area contributed by atoms with E-state index >= 15 is 0 Å². The van der Waals surface area contributed by atoms with E-state index in [2.05, 4.69) is 36.3 Å². The van der Waals surface area contributed by atoms with E-state index in [1.54, 1.807) is 0 Å². The van der Waals surface area contributed by atoms with Gasteiger partial charge in [-0.15, -0.1) is 0 Å². The largest absolute Gasteiger partial charge is 0.486 e. The number of nitrogens with zero attached hydrogens (tertiary/aromatic N) is 1. The Morgan fingerprint density at radius 3 is 2.67 bits per heavy atom. The Labute approximate surface area is 127 Å². The van der Waals surface area contributed by atoms with Crippen molar-refractivity contribution in [1.82, 2.24) is 10.2 Å². The molecule has 3 rings (SSSR count). The van der Waals surface area contributed by atoms with Crippen LogP contribution in [0.4, 0.5) is 0 Å². The maximum Gasteiger partial charge on any atom is 0.161 e. The van der Waals surface area contributed by atoms with Crippen LogP contribution < -0.4 is 14.8 Å². The van der Waals surface area contributed by atoms with Gasteiger partial charge in [0.15, 0.2) is 11.5 Å². The first-order valence-corrected chi connectivity index (χ1v) is 8.04. The van der Waals surface area contributed by atoms with Crippen molar-refractivity contribution in [2.24, 2.45) is 5.92 Å². The molecule has 0 aromatic heterocycles. The number of benzene rings is 1. The van der Waals surface area contributed by atoms with E-state index in [0.717, 1.165) is 24.0 Å². The van der Waals surface area contributed by atoms with Gasteiger partial charge in [-0.05, 0) is 70.1 Å². The number of hydrogen-bond acceptors (Lipinski definition) is 4. The average molecular weight is 290 g/mol. The lowest BCUT2D eigenvalue weighted by Gasteiger charge is -2.30. The second-order valence-corrected chi connectivity index (χ2v) is 6.28. The van der Waals surface area contributed by atoms with Crippen LogP contribution in [0.15, 0.2) is 18.2 Å². The van der Waals surface area contributed by atoms with Crippen molar-refractivity contribution in [1.29, 1.82) is 0 Å². The summed E-state index contributed by atoms with van der Waals surface area (Å²) in [5.41, 5.74) is 1.27. The molecule has 1 fully saturated rings. The Kier molecular flexibility index (Phi) is 4.66. The first-order valence-electron chi connectivity index (χ1n) is 8.04. The summed E-state index contributed by atoms with van der Waals surface area (Å²) in [5.74, 6) is 2.56. The van der Waals surface area contributed by atoms with E-state index in [1.165, 1.54) is 31.5 Å². The third-order valence-electron chi connectivity index (χ3n) is 4.62. The van der Waals surface area contributed by atoms with Crippen molar-refractivity contribution < 1.29 is 9.47 Å². The first kappa shape index (κ1) is 14.7. The Morgan fingerprint density at radius 2 is 1.90 bits per heavy atom. The molecule has 0 saturated carbocycles. The number of rotatable bonds is 4. The predicted molar refractivity (Wildman–Crippen MR) is 84.1 cm³/mol. The van der Waals surface area contributed by atoms with E-state index in [-0.39, 0.29) is 0 Å². The minimum Gasteiger partial charge on any atom is -0.486 e. The maximum atomic E-state index is 5.66. The molecule has 0 aliphatic carbocycles. The summed E-state index contributed by atoms with van der Waals surface area (Å²) in [7, 11) is 2.21. The van der Waals surface area contributed by atoms with E-state index in [4.69, 9.17) is 9.47 Å². The fraction of sp³-hybridized carbons (Fsp3) is 0.647. The molecular weight excluding hydrogens is 264 g/mol. The van der Waals surface area contributed by atoms with Gasteiger partial charge in [0, 0.05) is 6.04 Å². The van der Waals surface area contributed by atoms with E-state index < -0.39 is 0 Å². The number of ether oxygens (including phenoxy) is 2. The quantitative estimate of drug-likeness (QED) is 0.923. The van der Waals surface area contributed by atoms with Crippen molar-refractivity contribution in [2.75, 3.05) is 39.9 Å².